The van der Waals surface area contributed by atoms with Gasteiger partial charge in [-0.25, -0.2) is 13.1 Å². The fourth-order valence-electron chi connectivity index (χ4n) is 6.86. The zero-order chi connectivity index (χ0) is 25.9. The summed E-state index contributed by atoms with van der Waals surface area (Å²) < 4.78 is 34.1. The highest BCUT2D eigenvalue weighted by Gasteiger charge is 2.57. The Morgan fingerprint density at radius 1 is 1.11 bits per heavy atom. The average Bonchev–Trinajstić information content (AvgIpc) is 3.29. The number of rotatable bonds is 5. The number of sulfonamides is 1. The van der Waals surface area contributed by atoms with Crippen LogP contribution < -0.4 is 9.46 Å². The van der Waals surface area contributed by atoms with Gasteiger partial charge < -0.3 is 14.7 Å². The molecule has 1 aliphatic heterocycles. The molecule has 2 aromatic carbocycles. The Bertz CT molecular complexity index is 1290. The van der Waals surface area contributed by atoms with E-state index >= 15 is 0 Å². The molecule has 0 radical (unpaired) electrons. The van der Waals surface area contributed by atoms with Gasteiger partial charge in [0.05, 0.1) is 7.11 Å². The molecule has 0 aromatic heterocycles. The molecule has 0 spiro atoms. The van der Waals surface area contributed by atoms with Gasteiger partial charge in [0.15, 0.2) is 0 Å². The van der Waals surface area contributed by atoms with Gasteiger partial charge in [-0.1, -0.05) is 45.0 Å². The molecule has 2 aliphatic carbocycles. The molecule has 0 unspecified atom stereocenters. The fraction of sp³-hybridized carbons (Fsp3) is 0.536. The van der Waals surface area contributed by atoms with Crippen molar-refractivity contribution in [2.75, 3.05) is 13.7 Å². The summed E-state index contributed by atoms with van der Waals surface area (Å²) in [4.78, 5) is 16.0. The lowest BCUT2D eigenvalue weighted by atomic mass is 9.51. The molecule has 2 aromatic rings. The number of nitrogens with zero attached hydrogens (tertiary/aromatic N) is 1. The predicted octanol–water partition coefficient (Wildman–Crippen LogP) is 3.99. The van der Waals surface area contributed by atoms with Crippen molar-refractivity contribution in [3.05, 3.63) is 53.6 Å². The lowest BCUT2D eigenvalue weighted by Crippen LogP contribution is -2.65. The molecule has 7 nitrogen and oxygen atoms in total. The number of carbonyl (C=O) groups excluding carboxylic acids is 1. The molecule has 194 valence electrons. The molecule has 2 bridgehead atoms. The number of amides is 1. The second-order valence-electron chi connectivity index (χ2n) is 11.3. The van der Waals surface area contributed by atoms with Crippen molar-refractivity contribution in [1.29, 1.82) is 0 Å². The van der Waals surface area contributed by atoms with Crippen LogP contribution in [0, 0.1) is 11.3 Å². The summed E-state index contributed by atoms with van der Waals surface area (Å²) in [6, 6.07) is 12.0. The number of likely N-dealkylation sites (tertiary alicyclic amines) is 1. The SMILES string of the molecule is COc1ccccc1S(=O)(=O)N[C@@H]1CC[C@@H](C(=O)N2CC[C@@]3(C)c4cccc(O)c4C[C@@H]2C3(C)C)C1. The number of phenols is 1. The first-order valence-electron chi connectivity index (χ1n) is 12.8. The van der Waals surface area contributed by atoms with Crippen LogP contribution >= 0.6 is 0 Å². The summed E-state index contributed by atoms with van der Waals surface area (Å²) in [5.41, 5.74) is 1.85. The van der Waals surface area contributed by atoms with Gasteiger partial charge in [0.25, 0.3) is 0 Å². The summed E-state index contributed by atoms with van der Waals surface area (Å²) in [7, 11) is -2.32. The van der Waals surface area contributed by atoms with Crippen LogP contribution in [0.25, 0.3) is 0 Å². The predicted molar refractivity (Wildman–Crippen MR) is 138 cm³/mol. The summed E-state index contributed by atoms with van der Waals surface area (Å²) in [5.74, 6) is 0.490. The average molecular weight is 513 g/mol. The number of piperidine rings is 1. The number of aromatic hydroxyl groups is 1. The van der Waals surface area contributed by atoms with E-state index in [9.17, 15) is 18.3 Å². The van der Waals surface area contributed by atoms with Crippen LogP contribution in [0.2, 0.25) is 0 Å². The van der Waals surface area contributed by atoms with Crippen LogP contribution in [0.3, 0.4) is 0 Å². The molecular formula is C28H36N2O5S. The fourth-order valence-corrected chi connectivity index (χ4v) is 8.31. The van der Waals surface area contributed by atoms with Crippen LogP contribution in [-0.4, -0.2) is 50.1 Å². The number of ether oxygens (including phenoxy) is 1. The van der Waals surface area contributed by atoms with Gasteiger partial charge in [-0.15, -0.1) is 0 Å². The topological polar surface area (TPSA) is 95.9 Å². The van der Waals surface area contributed by atoms with Crippen molar-refractivity contribution in [2.45, 2.75) is 75.3 Å². The third-order valence-corrected chi connectivity index (χ3v) is 10.9. The van der Waals surface area contributed by atoms with Gasteiger partial charge in [0.2, 0.25) is 15.9 Å². The number of hydrogen-bond donors (Lipinski definition) is 2. The number of nitrogens with one attached hydrogen (secondary N) is 1. The number of benzene rings is 2. The first-order chi connectivity index (χ1) is 17.0. The first kappa shape index (κ1) is 25.1. The minimum absolute atomic E-state index is 0.0196. The zero-order valence-corrected chi connectivity index (χ0v) is 22.3. The molecule has 5 rings (SSSR count). The van der Waals surface area contributed by atoms with E-state index in [-0.39, 0.29) is 39.6 Å². The highest BCUT2D eigenvalue weighted by molar-refractivity contribution is 7.89. The van der Waals surface area contributed by atoms with Gasteiger partial charge in [0, 0.05) is 30.0 Å². The summed E-state index contributed by atoms with van der Waals surface area (Å²) in [6.45, 7) is 7.41. The molecule has 8 heteroatoms. The van der Waals surface area contributed by atoms with Crippen molar-refractivity contribution in [3.8, 4) is 11.5 Å². The van der Waals surface area contributed by atoms with E-state index in [2.05, 4.69) is 31.6 Å². The third-order valence-electron chi connectivity index (χ3n) is 9.37. The van der Waals surface area contributed by atoms with E-state index < -0.39 is 10.0 Å². The Morgan fingerprint density at radius 3 is 2.61 bits per heavy atom. The summed E-state index contributed by atoms with van der Waals surface area (Å²) in [5, 5.41) is 10.6. The van der Waals surface area contributed by atoms with Crippen LogP contribution in [0.15, 0.2) is 47.4 Å². The first-order valence-corrected chi connectivity index (χ1v) is 14.2. The van der Waals surface area contributed by atoms with E-state index in [1.165, 1.54) is 18.7 Å². The van der Waals surface area contributed by atoms with E-state index in [0.29, 0.717) is 43.7 Å². The molecule has 1 saturated carbocycles. The molecule has 3 aliphatic rings. The van der Waals surface area contributed by atoms with E-state index in [4.69, 9.17) is 4.74 Å². The van der Waals surface area contributed by atoms with Gasteiger partial charge >= 0.3 is 0 Å². The molecule has 2 fully saturated rings. The third kappa shape index (κ3) is 3.80. The standard InChI is InChI=1S/C28H36N2O5S/c1-27(2)25-17-20-21(8-7-9-22(20)31)28(27,3)14-15-30(25)26(32)18-12-13-19(16-18)29-36(33,34)24-11-6-5-10-23(24)35-4/h5-11,18-19,25,29,31H,12-17H2,1-4H3/t18-,19-,25-,28+/m1/s1. The Morgan fingerprint density at radius 2 is 1.86 bits per heavy atom. The second-order valence-corrected chi connectivity index (χ2v) is 13.0. The largest absolute Gasteiger partial charge is 0.508 e. The Labute approximate surface area is 213 Å². The lowest BCUT2D eigenvalue weighted by Gasteiger charge is -2.61. The Balaban J connectivity index is 1.33. The minimum Gasteiger partial charge on any atom is -0.508 e. The number of carbonyl (C=O) groups is 1. The maximum Gasteiger partial charge on any atom is 0.244 e. The zero-order valence-electron chi connectivity index (χ0n) is 21.5. The molecule has 1 saturated heterocycles. The summed E-state index contributed by atoms with van der Waals surface area (Å²) in [6.07, 6.45) is 3.22. The maximum absolute atomic E-state index is 13.8. The van der Waals surface area contributed by atoms with Crippen LogP contribution in [0.4, 0.5) is 0 Å². The highest BCUT2D eigenvalue weighted by Crippen LogP contribution is 2.57. The molecule has 1 heterocycles. The maximum atomic E-state index is 13.8. The molecule has 2 N–H and O–H groups in total. The normalized spacial score (nSPS) is 29.0. The number of hydrogen-bond acceptors (Lipinski definition) is 5. The van der Waals surface area contributed by atoms with Gasteiger partial charge in [-0.2, -0.15) is 0 Å². The van der Waals surface area contributed by atoms with Crippen molar-refractivity contribution >= 4 is 15.9 Å². The van der Waals surface area contributed by atoms with Gasteiger partial charge in [-0.05, 0) is 66.8 Å². The van der Waals surface area contributed by atoms with Gasteiger partial charge in [0.1, 0.15) is 16.4 Å². The number of fused-ring (bicyclic) bond motifs is 4. The lowest BCUT2D eigenvalue weighted by molar-refractivity contribution is -0.148. The van der Waals surface area contributed by atoms with Crippen molar-refractivity contribution in [1.82, 2.24) is 9.62 Å². The molecule has 36 heavy (non-hydrogen) atoms. The number of phenolic OH excluding ortho intramolecular Hbond substituents is 1. The number of methoxy groups -OCH3 is 1. The van der Waals surface area contributed by atoms with Gasteiger partial charge in [-0.3, -0.25) is 4.79 Å². The van der Waals surface area contributed by atoms with Crippen LogP contribution in [0.5, 0.6) is 11.5 Å². The minimum atomic E-state index is -3.77. The Kier molecular flexibility index (Phi) is 6.11. The molecular weight excluding hydrogens is 476 g/mol. The van der Waals surface area contributed by atoms with Crippen molar-refractivity contribution in [2.24, 2.45) is 11.3 Å². The molecule has 1 amide bonds. The van der Waals surface area contributed by atoms with E-state index in [1.807, 2.05) is 11.0 Å². The van der Waals surface area contributed by atoms with Crippen molar-refractivity contribution in [3.63, 3.8) is 0 Å². The highest BCUT2D eigenvalue weighted by atomic mass is 32.2. The smallest absolute Gasteiger partial charge is 0.244 e. The van der Waals surface area contributed by atoms with E-state index in [0.717, 1.165) is 12.0 Å². The molecule has 4 atom stereocenters. The Hall–Kier alpha value is -2.58. The number of para-hydroxylation sites is 1. The quantitative estimate of drug-likeness (QED) is 0.632. The second kappa shape index (κ2) is 8.77. The monoisotopic (exact) mass is 512 g/mol. The van der Waals surface area contributed by atoms with E-state index in [1.54, 1.807) is 24.3 Å². The summed E-state index contributed by atoms with van der Waals surface area (Å²) >= 11 is 0. The van der Waals surface area contributed by atoms with Crippen molar-refractivity contribution < 1.29 is 23.1 Å². The van der Waals surface area contributed by atoms with Crippen LogP contribution in [0.1, 0.15) is 57.6 Å². The van der Waals surface area contributed by atoms with Crippen LogP contribution in [-0.2, 0) is 26.7 Å².